The van der Waals surface area contributed by atoms with Gasteiger partial charge in [0.1, 0.15) is 5.82 Å². The van der Waals surface area contributed by atoms with Crippen LogP contribution in [-0.4, -0.2) is 23.9 Å². The molecule has 1 N–H and O–H groups in total. The molecule has 0 saturated heterocycles. The van der Waals surface area contributed by atoms with Gasteiger partial charge in [-0.2, -0.15) is 0 Å². The molecule has 1 amide bonds. The molecular formula is C17H18ClFN2OS. The van der Waals surface area contributed by atoms with Gasteiger partial charge in [-0.1, -0.05) is 29.8 Å². The van der Waals surface area contributed by atoms with Gasteiger partial charge in [0, 0.05) is 24.5 Å². The fourth-order valence-corrected chi connectivity index (χ4v) is 3.22. The maximum atomic E-state index is 12.8. The van der Waals surface area contributed by atoms with E-state index >= 15 is 0 Å². The van der Waals surface area contributed by atoms with Gasteiger partial charge in [-0.15, -0.1) is 17.9 Å². The Hall–Kier alpha value is -1.69. The van der Waals surface area contributed by atoms with E-state index in [1.807, 2.05) is 17.0 Å². The normalized spacial score (nSPS) is 10.7. The number of halogens is 2. The molecule has 2 aromatic rings. The van der Waals surface area contributed by atoms with Crippen LogP contribution < -0.4 is 5.32 Å². The Kier molecular flexibility index (Phi) is 6.77. The molecule has 0 atom stereocenters. The Labute approximate surface area is 144 Å². The highest BCUT2D eigenvalue weighted by Gasteiger charge is 2.11. The second-order valence-corrected chi connectivity index (χ2v) is 6.87. The lowest BCUT2D eigenvalue weighted by molar-refractivity contribution is -0.122. The van der Waals surface area contributed by atoms with Crippen LogP contribution in [0.4, 0.5) is 4.39 Å². The molecule has 0 unspecified atom stereocenters. The van der Waals surface area contributed by atoms with Gasteiger partial charge < -0.3 is 5.32 Å². The zero-order valence-electron chi connectivity index (χ0n) is 12.6. The van der Waals surface area contributed by atoms with E-state index in [1.165, 1.54) is 23.5 Å². The maximum absolute atomic E-state index is 12.8. The third-order valence-corrected chi connectivity index (χ3v) is 4.38. The minimum absolute atomic E-state index is 0.0844. The molecule has 122 valence electrons. The molecular weight excluding hydrogens is 335 g/mol. The van der Waals surface area contributed by atoms with E-state index in [-0.39, 0.29) is 18.3 Å². The standard InChI is InChI=1S/C17H18ClFN2OS/c1-2-9-21(11-15-7-8-16(18)23-15)12-17(22)20-10-13-3-5-14(19)6-4-13/h2-8H,1,9-12H2,(H,20,22). The summed E-state index contributed by atoms with van der Waals surface area (Å²) in [5.74, 6) is -0.370. The second-order valence-electron chi connectivity index (χ2n) is 5.07. The van der Waals surface area contributed by atoms with Gasteiger partial charge in [-0.05, 0) is 29.8 Å². The average molecular weight is 353 g/mol. The molecule has 0 radical (unpaired) electrons. The van der Waals surface area contributed by atoms with Crippen molar-refractivity contribution in [3.8, 4) is 0 Å². The van der Waals surface area contributed by atoms with E-state index < -0.39 is 0 Å². The Bertz CT molecular complexity index is 657. The number of benzene rings is 1. The maximum Gasteiger partial charge on any atom is 0.234 e. The summed E-state index contributed by atoms with van der Waals surface area (Å²) in [5, 5.41) is 2.84. The monoisotopic (exact) mass is 352 g/mol. The van der Waals surface area contributed by atoms with E-state index in [1.54, 1.807) is 18.2 Å². The van der Waals surface area contributed by atoms with Crippen molar-refractivity contribution in [1.82, 2.24) is 10.2 Å². The summed E-state index contributed by atoms with van der Waals surface area (Å²) in [5.41, 5.74) is 0.861. The molecule has 0 aliphatic carbocycles. The number of hydrogen-bond acceptors (Lipinski definition) is 3. The molecule has 3 nitrogen and oxygen atoms in total. The van der Waals surface area contributed by atoms with Crippen LogP contribution in [0.2, 0.25) is 4.34 Å². The number of nitrogens with zero attached hydrogens (tertiary/aromatic N) is 1. The average Bonchev–Trinajstić information content (AvgIpc) is 2.92. The van der Waals surface area contributed by atoms with E-state index in [4.69, 9.17) is 11.6 Å². The van der Waals surface area contributed by atoms with Crippen LogP contribution >= 0.6 is 22.9 Å². The molecule has 0 saturated carbocycles. The first-order chi connectivity index (χ1) is 11.1. The van der Waals surface area contributed by atoms with Crippen LogP contribution in [0.3, 0.4) is 0 Å². The summed E-state index contributed by atoms with van der Waals surface area (Å²) >= 11 is 7.43. The molecule has 6 heteroatoms. The fourth-order valence-electron chi connectivity index (χ4n) is 2.09. The summed E-state index contributed by atoms with van der Waals surface area (Å²) in [6, 6.07) is 9.88. The molecule has 1 heterocycles. The highest BCUT2D eigenvalue weighted by molar-refractivity contribution is 7.16. The SMILES string of the molecule is C=CCN(CC(=O)NCc1ccc(F)cc1)Cc1ccc(Cl)s1. The molecule has 1 aromatic heterocycles. The molecule has 0 spiro atoms. The lowest BCUT2D eigenvalue weighted by Crippen LogP contribution is -2.36. The summed E-state index contributed by atoms with van der Waals surface area (Å²) in [7, 11) is 0. The van der Waals surface area contributed by atoms with E-state index in [9.17, 15) is 9.18 Å². The number of amides is 1. The lowest BCUT2D eigenvalue weighted by atomic mass is 10.2. The predicted octanol–water partition coefficient (Wildman–Crippen LogP) is 3.85. The van der Waals surface area contributed by atoms with Crippen molar-refractivity contribution in [2.75, 3.05) is 13.1 Å². The Morgan fingerprint density at radius 3 is 2.65 bits per heavy atom. The van der Waals surface area contributed by atoms with Crippen molar-refractivity contribution < 1.29 is 9.18 Å². The van der Waals surface area contributed by atoms with Gasteiger partial charge >= 0.3 is 0 Å². The molecule has 23 heavy (non-hydrogen) atoms. The third kappa shape index (κ3) is 6.14. The van der Waals surface area contributed by atoms with Gasteiger partial charge in [0.15, 0.2) is 0 Å². The lowest BCUT2D eigenvalue weighted by Gasteiger charge is -2.19. The van der Waals surface area contributed by atoms with Gasteiger partial charge in [0.25, 0.3) is 0 Å². The van der Waals surface area contributed by atoms with Gasteiger partial charge in [-0.3, -0.25) is 9.69 Å². The summed E-state index contributed by atoms with van der Waals surface area (Å²) < 4.78 is 13.6. The molecule has 1 aromatic carbocycles. The topological polar surface area (TPSA) is 32.3 Å². The molecule has 0 bridgehead atoms. The number of carbonyl (C=O) groups is 1. The van der Waals surface area contributed by atoms with Crippen LogP contribution in [0.1, 0.15) is 10.4 Å². The molecule has 0 aliphatic heterocycles. The first kappa shape index (κ1) is 17.7. The molecule has 0 fully saturated rings. The Morgan fingerprint density at radius 2 is 2.04 bits per heavy atom. The zero-order chi connectivity index (χ0) is 16.7. The smallest absolute Gasteiger partial charge is 0.234 e. The van der Waals surface area contributed by atoms with Gasteiger partial charge in [0.05, 0.1) is 10.9 Å². The van der Waals surface area contributed by atoms with Crippen molar-refractivity contribution in [3.05, 3.63) is 69.6 Å². The fraction of sp³-hybridized carbons (Fsp3) is 0.235. The van der Waals surface area contributed by atoms with Gasteiger partial charge in [-0.25, -0.2) is 4.39 Å². The minimum Gasteiger partial charge on any atom is -0.351 e. The first-order valence-electron chi connectivity index (χ1n) is 7.15. The molecule has 0 aliphatic rings. The zero-order valence-corrected chi connectivity index (χ0v) is 14.2. The van der Waals surface area contributed by atoms with Crippen molar-refractivity contribution >= 4 is 28.8 Å². The van der Waals surface area contributed by atoms with E-state index in [2.05, 4.69) is 11.9 Å². The van der Waals surface area contributed by atoms with Crippen LogP contribution in [0.15, 0.2) is 49.1 Å². The van der Waals surface area contributed by atoms with Crippen molar-refractivity contribution in [2.45, 2.75) is 13.1 Å². The van der Waals surface area contributed by atoms with Crippen molar-refractivity contribution in [3.63, 3.8) is 0 Å². The van der Waals surface area contributed by atoms with E-state index in [0.717, 1.165) is 14.8 Å². The van der Waals surface area contributed by atoms with Crippen LogP contribution in [0, 0.1) is 5.82 Å². The summed E-state index contributed by atoms with van der Waals surface area (Å²) in [6.45, 7) is 5.63. The Balaban J connectivity index is 1.84. The number of rotatable bonds is 8. The van der Waals surface area contributed by atoms with Crippen molar-refractivity contribution in [1.29, 1.82) is 0 Å². The van der Waals surface area contributed by atoms with Crippen LogP contribution in [0.25, 0.3) is 0 Å². The van der Waals surface area contributed by atoms with Crippen LogP contribution in [-0.2, 0) is 17.9 Å². The second kappa shape index (κ2) is 8.82. The number of hydrogen-bond donors (Lipinski definition) is 1. The number of carbonyl (C=O) groups excluding carboxylic acids is 1. The number of nitrogens with one attached hydrogen (secondary N) is 1. The number of thiophene rings is 1. The highest BCUT2D eigenvalue weighted by atomic mass is 35.5. The van der Waals surface area contributed by atoms with Gasteiger partial charge in [0.2, 0.25) is 5.91 Å². The Morgan fingerprint density at radius 1 is 1.30 bits per heavy atom. The minimum atomic E-state index is -0.285. The predicted molar refractivity (Wildman–Crippen MR) is 93.0 cm³/mol. The summed E-state index contributed by atoms with van der Waals surface area (Å²) in [6.07, 6.45) is 1.77. The van der Waals surface area contributed by atoms with Crippen LogP contribution in [0.5, 0.6) is 0 Å². The van der Waals surface area contributed by atoms with E-state index in [0.29, 0.717) is 19.6 Å². The third-order valence-electron chi connectivity index (χ3n) is 3.17. The highest BCUT2D eigenvalue weighted by Crippen LogP contribution is 2.22. The quantitative estimate of drug-likeness (QED) is 0.732. The summed E-state index contributed by atoms with van der Waals surface area (Å²) in [4.78, 5) is 15.2. The first-order valence-corrected chi connectivity index (χ1v) is 8.35. The largest absolute Gasteiger partial charge is 0.351 e. The van der Waals surface area contributed by atoms with Crippen molar-refractivity contribution in [2.24, 2.45) is 0 Å². The molecule has 2 rings (SSSR count).